The standard InChI is InChI=1S/C17H23N5O2/c1-12-13(10-21(4)19-12)17(23)22-8-9-24-15(11-22)14-6-5-7-16(18-14)20(2)3/h5-7,10,15H,8-9,11H2,1-4H3. The molecule has 1 fully saturated rings. The number of ether oxygens (including phenoxy) is 1. The van der Waals surface area contributed by atoms with Gasteiger partial charge in [-0.15, -0.1) is 0 Å². The van der Waals surface area contributed by atoms with Crippen LogP contribution >= 0.6 is 0 Å². The van der Waals surface area contributed by atoms with Crippen molar-refractivity contribution in [2.24, 2.45) is 7.05 Å². The van der Waals surface area contributed by atoms with E-state index in [0.717, 1.165) is 17.2 Å². The van der Waals surface area contributed by atoms with Gasteiger partial charge in [-0.1, -0.05) is 6.07 Å². The fraction of sp³-hybridized carbons (Fsp3) is 0.471. The molecule has 0 bridgehead atoms. The number of rotatable bonds is 3. The lowest BCUT2D eigenvalue weighted by Gasteiger charge is -2.32. The highest BCUT2D eigenvalue weighted by Crippen LogP contribution is 2.24. The van der Waals surface area contributed by atoms with E-state index in [4.69, 9.17) is 4.74 Å². The number of aryl methyl sites for hydroxylation is 2. The van der Waals surface area contributed by atoms with Crippen molar-refractivity contribution in [3.8, 4) is 0 Å². The molecule has 1 aliphatic rings. The van der Waals surface area contributed by atoms with Gasteiger partial charge in [0, 0.05) is 33.9 Å². The Morgan fingerprint density at radius 3 is 2.83 bits per heavy atom. The van der Waals surface area contributed by atoms with Crippen molar-refractivity contribution in [3.63, 3.8) is 0 Å². The summed E-state index contributed by atoms with van der Waals surface area (Å²) < 4.78 is 7.52. The van der Waals surface area contributed by atoms with E-state index in [1.165, 1.54) is 0 Å². The Bertz CT molecular complexity index is 740. The molecule has 7 heteroatoms. The van der Waals surface area contributed by atoms with Crippen LogP contribution in [-0.2, 0) is 11.8 Å². The normalized spacial score (nSPS) is 17.8. The van der Waals surface area contributed by atoms with E-state index >= 15 is 0 Å². The van der Waals surface area contributed by atoms with Gasteiger partial charge >= 0.3 is 0 Å². The Kier molecular flexibility index (Phi) is 4.53. The van der Waals surface area contributed by atoms with E-state index in [1.54, 1.807) is 10.9 Å². The molecule has 3 rings (SSSR count). The number of aromatic nitrogens is 3. The molecule has 0 saturated carbocycles. The van der Waals surface area contributed by atoms with Crippen LogP contribution in [0.4, 0.5) is 5.82 Å². The molecule has 2 aromatic rings. The lowest BCUT2D eigenvalue weighted by Crippen LogP contribution is -2.42. The molecule has 1 atom stereocenters. The maximum Gasteiger partial charge on any atom is 0.257 e. The molecule has 7 nitrogen and oxygen atoms in total. The Morgan fingerprint density at radius 1 is 1.38 bits per heavy atom. The molecular weight excluding hydrogens is 306 g/mol. The zero-order valence-electron chi connectivity index (χ0n) is 14.6. The molecular formula is C17H23N5O2. The van der Waals surface area contributed by atoms with E-state index in [9.17, 15) is 4.79 Å². The number of pyridine rings is 1. The van der Waals surface area contributed by atoms with Gasteiger partial charge in [0.1, 0.15) is 11.9 Å². The summed E-state index contributed by atoms with van der Waals surface area (Å²) in [7, 11) is 5.73. The van der Waals surface area contributed by atoms with Crippen LogP contribution in [0.2, 0.25) is 0 Å². The van der Waals surface area contributed by atoms with Crippen molar-refractivity contribution < 1.29 is 9.53 Å². The summed E-state index contributed by atoms with van der Waals surface area (Å²) in [6.07, 6.45) is 1.56. The third-order valence-corrected chi connectivity index (χ3v) is 4.14. The van der Waals surface area contributed by atoms with Crippen molar-refractivity contribution in [1.29, 1.82) is 0 Å². The topological polar surface area (TPSA) is 63.5 Å². The first-order chi connectivity index (χ1) is 11.5. The predicted octanol–water partition coefficient (Wildman–Crippen LogP) is 1.40. The molecule has 128 valence electrons. The highest BCUT2D eigenvalue weighted by molar-refractivity contribution is 5.95. The van der Waals surface area contributed by atoms with Crippen LogP contribution < -0.4 is 4.90 Å². The smallest absolute Gasteiger partial charge is 0.257 e. The molecule has 0 N–H and O–H groups in total. The second-order valence-electron chi connectivity index (χ2n) is 6.23. The molecule has 0 radical (unpaired) electrons. The largest absolute Gasteiger partial charge is 0.368 e. The summed E-state index contributed by atoms with van der Waals surface area (Å²) >= 11 is 0. The molecule has 24 heavy (non-hydrogen) atoms. The molecule has 1 unspecified atom stereocenters. The molecule has 1 saturated heterocycles. The van der Waals surface area contributed by atoms with Gasteiger partial charge in [0.25, 0.3) is 5.91 Å². The fourth-order valence-electron chi connectivity index (χ4n) is 2.86. The van der Waals surface area contributed by atoms with Crippen molar-refractivity contribution in [2.45, 2.75) is 13.0 Å². The Balaban J connectivity index is 1.78. The summed E-state index contributed by atoms with van der Waals surface area (Å²) in [4.78, 5) is 21.2. The molecule has 3 heterocycles. The summed E-state index contributed by atoms with van der Waals surface area (Å²) in [5, 5.41) is 4.26. The second-order valence-corrected chi connectivity index (χ2v) is 6.23. The number of carbonyl (C=O) groups is 1. The summed E-state index contributed by atoms with van der Waals surface area (Å²) in [6, 6.07) is 5.86. The van der Waals surface area contributed by atoms with Crippen LogP contribution in [0.3, 0.4) is 0 Å². The first kappa shape index (κ1) is 16.4. The number of amides is 1. The lowest BCUT2D eigenvalue weighted by molar-refractivity contribution is -0.0247. The van der Waals surface area contributed by atoms with E-state index in [-0.39, 0.29) is 12.0 Å². The quantitative estimate of drug-likeness (QED) is 0.852. The zero-order valence-corrected chi connectivity index (χ0v) is 14.6. The van der Waals surface area contributed by atoms with Crippen LogP contribution in [0.15, 0.2) is 24.4 Å². The van der Waals surface area contributed by atoms with E-state index < -0.39 is 0 Å². The van der Waals surface area contributed by atoms with Gasteiger partial charge in [-0.25, -0.2) is 4.98 Å². The third-order valence-electron chi connectivity index (χ3n) is 4.14. The maximum absolute atomic E-state index is 12.8. The van der Waals surface area contributed by atoms with Gasteiger partial charge in [0.05, 0.1) is 30.1 Å². The number of morpholine rings is 1. The SMILES string of the molecule is Cc1nn(C)cc1C(=O)N1CCOC(c2cccc(N(C)C)n2)C1. The Morgan fingerprint density at radius 2 is 2.17 bits per heavy atom. The fourth-order valence-corrected chi connectivity index (χ4v) is 2.86. The minimum absolute atomic E-state index is 0.00216. The summed E-state index contributed by atoms with van der Waals surface area (Å²) in [6.45, 7) is 3.44. The van der Waals surface area contributed by atoms with Gasteiger partial charge in [0.15, 0.2) is 0 Å². The Hall–Kier alpha value is -2.41. The van der Waals surface area contributed by atoms with Gasteiger partial charge in [-0.05, 0) is 19.1 Å². The summed E-state index contributed by atoms with van der Waals surface area (Å²) in [5.74, 6) is 0.875. The van der Waals surface area contributed by atoms with Gasteiger partial charge in [-0.2, -0.15) is 5.10 Å². The van der Waals surface area contributed by atoms with Crippen LogP contribution in [-0.4, -0.2) is 59.4 Å². The number of carbonyl (C=O) groups excluding carboxylic acids is 1. The van der Waals surface area contributed by atoms with Gasteiger partial charge in [0.2, 0.25) is 0 Å². The second kappa shape index (κ2) is 6.60. The van der Waals surface area contributed by atoms with Crippen LogP contribution in [0.5, 0.6) is 0 Å². The predicted molar refractivity (Wildman–Crippen MR) is 91.1 cm³/mol. The van der Waals surface area contributed by atoms with Gasteiger partial charge in [-0.3, -0.25) is 9.48 Å². The molecule has 0 spiro atoms. The van der Waals surface area contributed by atoms with E-state index in [0.29, 0.717) is 25.3 Å². The van der Waals surface area contributed by atoms with Crippen molar-refractivity contribution >= 4 is 11.7 Å². The average molecular weight is 329 g/mol. The minimum atomic E-state index is -0.209. The first-order valence-electron chi connectivity index (χ1n) is 8.01. The van der Waals surface area contributed by atoms with E-state index in [2.05, 4.69) is 10.1 Å². The van der Waals surface area contributed by atoms with Crippen molar-refractivity contribution in [3.05, 3.63) is 41.3 Å². The molecule has 1 amide bonds. The monoisotopic (exact) mass is 329 g/mol. The third kappa shape index (κ3) is 3.26. The number of hydrogen-bond donors (Lipinski definition) is 0. The Labute approximate surface area is 141 Å². The zero-order chi connectivity index (χ0) is 17.3. The average Bonchev–Trinajstić information content (AvgIpc) is 2.92. The molecule has 0 aromatic carbocycles. The van der Waals surface area contributed by atoms with E-state index in [1.807, 2.05) is 56.1 Å². The maximum atomic E-state index is 12.8. The first-order valence-corrected chi connectivity index (χ1v) is 8.01. The lowest BCUT2D eigenvalue weighted by atomic mass is 10.1. The number of nitrogens with zero attached hydrogens (tertiary/aromatic N) is 5. The highest BCUT2D eigenvalue weighted by atomic mass is 16.5. The molecule has 2 aromatic heterocycles. The van der Waals surface area contributed by atoms with Crippen molar-refractivity contribution in [2.75, 3.05) is 38.7 Å². The van der Waals surface area contributed by atoms with Crippen LogP contribution in [0, 0.1) is 6.92 Å². The van der Waals surface area contributed by atoms with Gasteiger partial charge < -0.3 is 14.5 Å². The number of anilines is 1. The van der Waals surface area contributed by atoms with Crippen LogP contribution in [0.1, 0.15) is 27.8 Å². The highest BCUT2D eigenvalue weighted by Gasteiger charge is 2.28. The molecule has 1 aliphatic heterocycles. The summed E-state index contributed by atoms with van der Waals surface area (Å²) in [5.41, 5.74) is 2.24. The number of hydrogen-bond acceptors (Lipinski definition) is 5. The van der Waals surface area contributed by atoms with Crippen molar-refractivity contribution in [1.82, 2.24) is 19.7 Å². The minimum Gasteiger partial charge on any atom is -0.368 e. The molecule has 0 aliphatic carbocycles. The van der Waals surface area contributed by atoms with Crippen LogP contribution in [0.25, 0.3) is 0 Å².